The van der Waals surface area contributed by atoms with Crippen molar-refractivity contribution in [3.05, 3.63) is 16.4 Å². The van der Waals surface area contributed by atoms with E-state index >= 15 is 0 Å². The Kier molecular flexibility index (Phi) is 4.10. The van der Waals surface area contributed by atoms with Gasteiger partial charge in [-0.2, -0.15) is 5.10 Å². The van der Waals surface area contributed by atoms with E-state index in [1.807, 2.05) is 18.7 Å². The lowest BCUT2D eigenvalue weighted by molar-refractivity contribution is 0.376. The van der Waals surface area contributed by atoms with E-state index in [9.17, 15) is 0 Å². The molecular formula is C13H22ClN3. The zero-order valence-corrected chi connectivity index (χ0v) is 11.7. The number of halogens is 1. The van der Waals surface area contributed by atoms with E-state index in [1.165, 1.54) is 25.7 Å². The molecule has 0 aliphatic heterocycles. The second-order valence-electron chi connectivity index (χ2n) is 5.18. The SMILES string of the molecule is Cc1nn(C)c(CNC(C)C2CCCC2)c1Cl. The molecule has 1 aromatic heterocycles. The first-order valence-corrected chi connectivity index (χ1v) is 6.88. The molecule has 1 aromatic rings. The van der Waals surface area contributed by atoms with Crippen LogP contribution in [-0.2, 0) is 13.6 Å². The van der Waals surface area contributed by atoms with E-state index in [0.717, 1.165) is 28.9 Å². The van der Waals surface area contributed by atoms with E-state index in [1.54, 1.807) is 0 Å². The maximum Gasteiger partial charge on any atom is 0.0860 e. The Morgan fingerprint density at radius 2 is 2.12 bits per heavy atom. The van der Waals surface area contributed by atoms with Gasteiger partial charge in [-0.05, 0) is 32.6 Å². The minimum absolute atomic E-state index is 0.573. The van der Waals surface area contributed by atoms with Crippen molar-refractivity contribution in [1.29, 1.82) is 0 Å². The molecule has 96 valence electrons. The van der Waals surface area contributed by atoms with Gasteiger partial charge < -0.3 is 5.32 Å². The van der Waals surface area contributed by atoms with Gasteiger partial charge in [-0.15, -0.1) is 0 Å². The molecule has 1 aliphatic carbocycles. The van der Waals surface area contributed by atoms with Gasteiger partial charge in [0.05, 0.1) is 16.4 Å². The predicted molar refractivity (Wildman–Crippen MR) is 71.2 cm³/mol. The third-order valence-corrected chi connectivity index (χ3v) is 4.45. The molecular weight excluding hydrogens is 234 g/mol. The van der Waals surface area contributed by atoms with E-state index in [4.69, 9.17) is 11.6 Å². The summed E-state index contributed by atoms with van der Waals surface area (Å²) >= 11 is 6.23. The average molecular weight is 256 g/mol. The van der Waals surface area contributed by atoms with Gasteiger partial charge in [-0.3, -0.25) is 4.68 Å². The fourth-order valence-electron chi connectivity index (χ4n) is 2.75. The quantitative estimate of drug-likeness (QED) is 0.896. The van der Waals surface area contributed by atoms with Gasteiger partial charge >= 0.3 is 0 Å². The zero-order chi connectivity index (χ0) is 12.4. The summed E-state index contributed by atoms with van der Waals surface area (Å²) in [5.74, 6) is 0.836. The maximum atomic E-state index is 6.23. The van der Waals surface area contributed by atoms with Crippen LogP contribution in [0, 0.1) is 12.8 Å². The highest BCUT2D eigenvalue weighted by Gasteiger charge is 2.21. The van der Waals surface area contributed by atoms with Gasteiger partial charge in [0.15, 0.2) is 0 Å². The first kappa shape index (κ1) is 12.9. The molecule has 0 bridgehead atoms. The summed E-state index contributed by atoms with van der Waals surface area (Å²) in [7, 11) is 1.95. The third-order valence-electron chi connectivity index (χ3n) is 3.96. The Balaban J connectivity index is 1.92. The monoisotopic (exact) mass is 255 g/mol. The van der Waals surface area contributed by atoms with Gasteiger partial charge in [0.25, 0.3) is 0 Å². The number of aromatic nitrogens is 2. The molecule has 1 N–H and O–H groups in total. The molecule has 1 atom stereocenters. The number of nitrogens with one attached hydrogen (secondary N) is 1. The van der Waals surface area contributed by atoms with Crippen molar-refractivity contribution >= 4 is 11.6 Å². The summed E-state index contributed by atoms with van der Waals surface area (Å²) in [4.78, 5) is 0. The van der Waals surface area contributed by atoms with Gasteiger partial charge in [0.2, 0.25) is 0 Å². The summed E-state index contributed by atoms with van der Waals surface area (Å²) in [6, 6.07) is 0.573. The number of rotatable bonds is 4. The summed E-state index contributed by atoms with van der Waals surface area (Å²) < 4.78 is 1.88. The lowest BCUT2D eigenvalue weighted by Gasteiger charge is -2.20. The van der Waals surface area contributed by atoms with E-state index in [0.29, 0.717) is 6.04 Å². The Bertz CT molecular complexity index is 380. The van der Waals surface area contributed by atoms with Crippen LogP contribution in [0.15, 0.2) is 0 Å². The largest absolute Gasteiger partial charge is 0.308 e. The van der Waals surface area contributed by atoms with Crippen LogP contribution in [0.25, 0.3) is 0 Å². The topological polar surface area (TPSA) is 29.9 Å². The van der Waals surface area contributed by atoms with Crippen molar-refractivity contribution in [2.45, 2.75) is 52.1 Å². The molecule has 3 nitrogen and oxygen atoms in total. The molecule has 0 spiro atoms. The van der Waals surface area contributed by atoms with Gasteiger partial charge in [-0.25, -0.2) is 0 Å². The van der Waals surface area contributed by atoms with Crippen molar-refractivity contribution in [3.63, 3.8) is 0 Å². The Morgan fingerprint density at radius 3 is 2.65 bits per heavy atom. The number of aryl methyl sites for hydroxylation is 2. The highest BCUT2D eigenvalue weighted by molar-refractivity contribution is 6.31. The standard InChI is InChI=1S/C13H22ClN3/c1-9(11-6-4-5-7-11)15-8-12-13(14)10(2)16-17(12)3/h9,11,15H,4-8H2,1-3H3. The van der Waals surface area contributed by atoms with Crippen molar-refractivity contribution in [3.8, 4) is 0 Å². The van der Waals surface area contributed by atoms with Gasteiger partial charge in [0.1, 0.15) is 0 Å². The minimum Gasteiger partial charge on any atom is -0.308 e. The van der Waals surface area contributed by atoms with Crippen LogP contribution in [0.3, 0.4) is 0 Å². The smallest absolute Gasteiger partial charge is 0.0860 e. The van der Waals surface area contributed by atoms with Crippen LogP contribution >= 0.6 is 11.6 Å². The molecule has 0 amide bonds. The lowest BCUT2D eigenvalue weighted by Crippen LogP contribution is -2.32. The average Bonchev–Trinajstić information content (AvgIpc) is 2.88. The van der Waals surface area contributed by atoms with Crippen LogP contribution in [0.4, 0.5) is 0 Å². The van der Waals surface area contributed by atoms with Crippen molar-refractivity contribution in [2.75, 3.05) is 0 Å². The minimum atomic E-state index is 0.573. The fraction of sp³-hybridized carbons (Fsp3) is 0.769. The molecule has 0 saturated heterocycles. The summed E-state index contributed by atoms with van der Waals surface area (Å²) in [5.41, 5.74) is 2.01. The third kappa shape index (κ3) is 2.83. The van der Waals surface area contributed by atoms with Gasteiger partial charge in [-0.1, -0.05) is 24.4 Å². The van der Waals surface area contributed by atoms with Crippen LogP contribution in [0.5, 0.6) is 0 Å². The second kappa shape index (κ2) is 5.40. The molecule has 1 unspecified atom stereocenters. The molecule has 17 heavy (non-hydrogen) atoms. The predicted octanol–water partition coefficient (Wildman–Crippen LogP) is 3.05. The molecule has 0 radical (unpaired) electrons. The Labute approximate surface area is 109 Å². The molecule has 1 fully saturated rings. The maximum absolute atomic E-state index is 6.23. The number of nitrogens with zero attached hydrogens (tertiary/aromatic N) is 2. The molecule has 4 heteroatoms. The van der Waals surface area contributed by atoms with E-state index < -0.39 is 0 Å². The molecule has 0 aromatic carbocycles. The number of hydrogen-bond acceptors (Lipinski definition) is 2. The highest BCUT2D eigenvalue weighted by atomic mass is 35.5. The van der Waals surface area contributed by atoms with Crippen LogP contribution < -0.4 is 5.32 Å². The Morgan fingerprint density at radius 1 is 1.47 bits per heavy atom. The lowest BCUT2D eigenvalue weighted by atomic mass is 10.00. The summed E-state index contributed by atoms with van der Waals surface area (Å²) in [5, 5.41) is 8.73. The number of hydrogen-bond donors (Lipinski definition) is 1. The van der Waals surface area contributed by atoms with Crippen LogP contribution in [-0.4, -0.2) is 15.8 Å². The molecule has 1 saturated carbocycles. The highest BCUT2D eigenvalue weighted by Crippen LogP contribution is 2.28. The van der Waals surface area contributed by atoms with Crippen LogP contribution in [0.2, 0.25) is 5.02 Å². The molecule has 1 aliphatic rings. The first-order valence-electron chi connectivity index (χ1n) is 6.51. The van der Waals surface area contributed by atoms with Gasteiger partial charge in [0, 0.05) is 19.6 Å². The van der Waals surface area contributed by atoms with Crippen molar-refractivity contribution in [1.82, 2.24) is 15.1 Å². The second-order valence-corrected chi connectivity index (χ2v) is 5.56. The van der Waals surface area contributed by atoms with E-state index in [2.05, 4.69) is 17.3 Å². The van der Waals surface area contributed by atoms with Crippen LogP contribution in [0.1, 0.15) is 44.0 Å². The van der Waals surface area contributed by atoms with Crippen molar-refractivity contribution in [2.24, 2.45) is 13.0 Å². The zero-order valence-electron chi connectivity index (χ0n) is 11.0. The fourth-order valence-corrected chi connectivity index (χ4v) is 2.98. The summed E-state index contributed by atoms with van der Waals surface area (Å²) in [6.45, 7) is 5.05. The molecule has 2 rings (SSSR count). The van der Waals surface area contributed by atoms with Crippen molar-refractivity contribution < 1.29 is 0 Å². The molecule has 1 heterocycles. The Hall–Kier alpha value is -0.540. The summed E-state index contributed by atoms with van der Waals surface area (Å²) in [6.07, 6.45) is 5.52. The first-order chi connectivity index (χ1) is 8.09. The normalized spacial score (nSPS) is 18.8. The van der Waals surface area contributed by atoms with E-state index in [-0.39, 0.29) is 0 Å².